The van der Waals surface area contributed by atoms with Gasteiger partial charge in [-0.3, -0.25) is 0 Å². The highest BCUT2D eigenvalue weighted by Gasteiger charge is 2.05. The third-order valence-corrected chi connectivity index (χ3v) is 3.51. The molecule has 0 saturated heterocycles. The Balaban J connectivity index is 2.22. The number of aryl methyl sites for hydroxylation is 1. The second-order valence-corrected chi connectivity index (χ2v) is 5.33. The van der Waals surface area contributed by atoms with E-state index in [1.54, 1.807) is 7.11 Å². The van der Waals surface area contributed by atoms with Gasteiger partial charge in [-0.15, -0.1) is 0 Å². The first kappa shape index (κ1) is 13.4. The summed E-state index contributed by atoms with van der Waals surface area (Å²) >= 11 is 2.40. The molecule has 2 aromatic rings. The van der Waals surface area contributed by atoms with Crippen molar-refractivity contribution < 1.29 is 4.74 Å². The van der Waals surface area contributed by atoms with Crippen LogP contribution in [0.2, 0.25) is 0 Å². The monoisotopic (exact) mass is 352 g/mol. The Bertz CT molecular complexity index is 494. The summed E-state index contributed by atoms with van der Waals surface area (Å²) in [7, 11) is 1.75. The van der Waals surface area contributed by atoms with E-state index in [4.69, 9.17) is 4.74 Å². The maximum absolute atomic E-state index is 5.50. The van der Waals surface area contributed by atoms with Gasteiger partial charge in [-0.2, -0.15) is 0 Å². The summed E-state index contributed by atoms with van der Waals surface area (Å²) in [5.41, 5.74) is 3.91. The molecule has 2 heteroatoms. The molecule has 0 N–H and O–H groups in total. The molecule has 0 aromatic heterocycles. The van der Waals surface area contributed by atoms with Gasteiger partial charge in [-0.05, 0) is 29.2 Å². The Morgan fingerprint density at radius 2 is 1.78 bits per heavy atom. The van der Waals surface area contributed by atoms with Crippen LogP contribution in [0.3, 0.4) is 0 Å². The standard InChI is InChI=1S/C16H17IO/c1-18-16-12-14(9-10-17)7-8-15(16)11-13-5-3-2-4-6-13/h2-8,12H,9-11H2,1H3. The van der Waals surface area contributed by atoms with Crippen molar-refractivity contribution in [2.24, 2.45) is 0 Å². The number of methoxy groups -OCH3 is 1. The second kappa shape index (κ2) is 6.78. The average Bonchev–Trinajstić information content (AvgIpc) is 2.42. The normalized spacial score (nSPS) is 10.3. The van der Waals surface area contributed by atoms with Crippen molar-refractivity contribution in [3.63, 3.8) is 0 Å². The van der Waals surface area contributed by atoms with E-state index in [1.807, 2.05) is 6.07 Å². The molecule has 2 rings (SSSR count). The van der Waals surface area contributed by atoms with E-state index in [0.717, 1.165) is 23.0 Å². The van der Waals surface area contributed by atoms with Crippen molar-refractivity contribution >= 4 is 22.6 Å². The van der Waals surface area contributed by atoms with E-state index in [1.165, 1.54) is 16.7 Å². The van der Waals surface area contributed by atoms with Crippen molar-refractivity contribution in [3.05, 3.63) is 65.2 Å². The predicted octanol–water partition coefficient (Wildman–Crippen LogP) is 4.26. The molecule has 0 fully saturated rings. The largest absolute Gasteiger partial charge is 0.496 e. The first-order valence-electron chi connectivity index (χ1n) is 6.09. The maximum Gasteiger partial charge on any atom is 0.122 e. The van der Waals surface area contributed by atoms with Crippen LogP contribution in [0.25, 0.3) is 0 Å². The quantitative estimate of drug-likeness (QED) is 0.577. The van der Waals surface area contributed by atoms with Gasteiger partial charge in [0.25, 0.3) is 0 Å². The predicted molar refractivity (Wildman–Crippen MR) is 84.8 cm³/mol. The summed E-state index contributed by atoms with van der Waals surface area (Å²) < 4.78 is 6.64. The molecule has 0 saturated carbocycles. The molecule has 0 aliphatic rings. The summed E-state index contributed by atoms with van der Waals surface area (Å²) in [6.45, 7) is 0. The van der Waals surface area contributed by atoms with Gasteiger partial charge < -0.3 is 4.74 Å². The van der Waals surface area contributed by atoms with Crippen molar-refractivity contribution in [2.45, 2.75) is 12.8 Å². The lowest BCUT2D eigenvalue weighted by Gasteiger charge is -2.10. The van der Waals surface area contributed by atoms with Crippen LogP contribution in [-0.2, 0) is 12.8 Å². The first-order valence-corrected chi connectivity index (χ1v) is 7.61. The molecule has 0 heterocycles. The molecule has 0 unspecified atom stereocenters. The Morgan fingerprint density at radius 3 is 2.44 bits per heavy atom. The summed E-state index contributed by atoms with van der Waals surface area (Å²) in [4.78, 5) is 0. The Kier molecular flexibility index (Phi) is 5.05. The Labute approximate surface area is 122 Å². The lowest BCUT2D eigenvalue weighted by Crippen LogP contribution is -1.96. The fraction of sp³-hybridized carbons (Fsp3) is 0.250. The Hall–Kier alpha value is -1.03. The van der Waals surface area contributed by atoms with Gasteiger partial charge in [0.1, 0.15) is 5.75 Å². The minimum absolute atomic E-state index is 0.925. The fourth-order valence-corrected chi connectivity index (χ4v) is 2.64. The Morgan fingerprint density at radius 1 is 1.00 bits per heavy atom. The maximum atomic E-state index is 5.50. The molecule has 0 atom stereocenters. The average molecular weight is 352 g/mol. The van der Waals surface area contributed by atoms with E-state index >= 15 is 0 Å². The third kappa shape index (κ3) is 3.48. The summed E-state index contributed by atoms with van der Waals surface area (Å²) in [6.07, 6.45) is 2.02. The lowest BCUT2D eigenvalue weighted by molar-refractivity contribution is 0.410. The van der Waals surface area contributed by atoms with Crippen LogP contribution >= 0.6 is 22.6 Å². The molecule has 94 valence electrons. The zero-order valence-corrected chi connectivity index (χ0v) is 12.7. The number of halogens is 1. The molecule has 0 spiro atoms. The van der Waals surface area contributed by atoms with Gasteiger partial charge in [-0.1, -0.05) is 65.1 Å². The van der Waals surface area contributed by atoms with Crippen molar-refractivity contribution in [1.29, 1.82) is 0 Å². The van der Waals surface area contributed by atoms with Gasteiger partial charge in [0.2, 0.25) is 0 Å². The number of ether oxygens (including phenoxy) is 1. The van der Waals surface area contributed by atoms with E-state index in [0.29, 0.717) is 0 Å². The molecule has 0 aliphatic carbocycles. The van der Waals surface area contributed by atoms with Gasteiger partial charge in [-0.25, -0.2) is 0 Å². The fourth-order valence-electron chi connectivity index (χ4n) is 2.02. The highest BCUT2D eigenvalue weighted by molar-refractivity contribution is 14.1. The molecule has 2 aromatic carbocycles. The van der Waals surface area contributed by atoms with Gasteiger partial charge in [0, 0.05) is 10.8 Å². The molecule has 0 aliphatic heterocycles. The minimum atomic E-state index is 0.925. The summed E-state index contributed by atoms with van der Waals surface area (Å²) in [5.74, 6) is 1.00. The van der Waals surface area contributed by atoms with Crippen LogP contribution in [0, 0.1) is 0 Å². The van der Waals surface area contributed by atoms with Crippen LogP contribution in [0.5, 0.6) is 5.75 Å². The number of alkyl halides is 1. The van der Waals surface area contributed by atoms with Crippen molar-refractivity contribution in [3.8, 4) is 5.75 Å². The number of benzene rings is 2. The van der Waals surface area contributed by atoms with Crippen LogP contribution in [0.15, 0.2) is 48.5 Å². The van der Waals surface area contributed by atoms with Crippen LogP contribution in [0.1, 0.15) is 16.7 Å². The minimum Gasteiger partial charge on any atom is -0.496 e. The van der Waals surface area contributed by atoms with Gasteiger partial charge in [0.15, 0.2) is 0 Å². The molecule has 0 radical (unpaired) electrons. The second-order valence-electron chi connectivity index (χ2n) is 4.25. The SMILES string of the molecule is COc1cc(CCI)ccc1Cc1ccccc1. The van der Waals surface area contributed by atoms with Gasteiger partial charge >= 0.3 is 0 Å². The summed E-state index contributed by atoms with van der Waals surface area (Å²) in [5, 5.41) is 0. The zero-order valence-electron chi connectivity index (χ0n) is 10.5. The number of hydrogen-bond acceptors (Lipinski definition) is 1. The smallest absolute Gasteiger partial charge is 0.122 e. The first-order chi connectivity index (χ1) is 8.83. The molecular weight excluding hydrogens is 335 g/mol. The number of rotatable bonds is 5. The van der Waals surface area contributed by atoms with Crippen LogP contribution in [-0.4, -0.2) is 11.5 Å². The van der Waals surface area contributed by atoms with E-state index < -0.39 is 0 Å². The molecule has 1 nitrogen and oxygen atoms in total. The van der Waals surface area contributed by atoms with E-state index in [2.05, 4.69) is 65.1 Å². The van der Waals surface area contributed by atoms with Crippen LogP contribution < -0.4 is 4.74 Å². The van der Waals surface area contributed by atoms with Crippen molar-refractivity contribution in [2.75, 3.05) is 11.5 Å². The lowest BCUT2D eigenvalue weighted by atomic mass is 10.0. The third-order valence-electron chi connectivity index (χ3n) is 2.97. The summed E-state index contributed by atoms with van der Waals surface area (Å²) in [6, 6.07) is 17.1. The van der Waals surface area contributed by atoms with E-state index in [-0.39, 0.29) is 0 Å². The molecule has 0 bridgehead atoms. The topological polar surface area (TPSA) is 9.23 Å². The molecular formula is C16H17IO. The number of hydrogen-bond donors (Lipinski definition) is 0. The van der Waals surface area contributed by atoms with Crippen molar-refractivity contribution in [1.82, 2.24) is 0 Å². The van der Waals surface area contributed by atoms with Gasteiger partial charge in [0.05, 0.1) is 7.11 Å². The molecule has 18 heavy (non-hydrogen) atoms. The zero-order chi connectivity index (χ0) is 12.8. The molecule has 0 amide bonds. The van der Waals surface area contributed by atoms with Crippen LogP contribution in [0.4, 0.5) is 0 Å². The highest BCUT2D eigenvalue weighted by atomic mass is 127. The van der Waals surface area contributed by atoms with E-state index in [9.17, 15) is 0 Å². The highest BCUT2D eigenvalue weighted by Crippen LogP contribution is 2.23.